The maximum atomic E-state index is 14.2. The number of halogens is 1. The first-order valence-corrected chi connectivity index (χ1v) is 15.4. The highest BCUT2D eigenvalue weighted by atomic mass is 35.5. The summed E-state index contributed by atoms with van der Waals surface area (Å²) < 4.78 is 1.97. The lowest BCUT2D eigenvalue weighted by Crippen LogP contribution is -2.43. The third-order valence-electron chi connectivity index (χ3n) is 8.12. The molecule has 1 fully saturated rings. The monoisotopic (exact) mass is 607 g/mol. The van der Waals surface area contributed by atoms with E-state index in [9.17, 15) is 19.7 Å². The van der Waals surface area contributed by atoms with Crippen molar-refractivity contribution in [2.75, 3.05) is 31.1 Å². The van der Waals surface area contributed by atoms with Gasteiger partial charge in [0.1, 0.15) is 0 Å². The number of hydrogen-bond acceptors (Lipinski definition) is 7. The average molecular weight is 608 g/mol. The van der Waals surface area contributed by atoms with Gasteiger partial charge in [-0.3, -0.25) is 24.3 Å². The fraction of sp³-hybridized carbons (Fsp3) is 0.387. The number of likely N-dealkylation sites (N-methyl/N-ethyl adjacent to an activating group) is 1. The number of fused-ring (bicyclic) bond motifs is 1. The summed E-state index contributed by atoms with van der Waals surface area (Å²) in [5.74, 6) is 0.451. The van der Waals surface area contributed by atoms with Gasteiger partial charge in [-0.05, 0) is 69.4 Å². The van der Waals surface area contributed by atoms with Crippen molar-refractivity contribution in [1.29, 1.82) is 0 Å². The van der Waals surface area contributed by atoms with E-state index in [2.05, 4.69) is 11.8 Å². The summed E-state index contributed by atoms with van der Waals surface area (Å²) in [6.07, 6.45) is 3.79. The maximum Gasteiger partial charge on any atom is 0.271 e. The Morgan fingerprint density at radius 2 is 1.83 bits per heavy atom. The number of benzene rings is 2. The zero-order chi connectivity index (χ0) is 30.1. The van der Waals surface area contributed by atoms with Crippen LogP contribution in [0.2, 0.25) is 5.02 Å². The topological polar surface area (TPSA) is 101 Å². The lowest BCUT2D eigenvalue weighted by molar-refractivity contribution is -0.384. The van der Waals surface area contributed by atoms with E-state index in [1.54, 1.807) is 40.7 Å². The quantitative estimate of drug-likeness (QED) is 0.281. The van der Waals surface area contributed by atoms with Crippen molar-refractivity contribution in [2.45, 2.75) is 46.6 Å². The molecule has 42 heavy (non-hydrogen) atoms. The van der Waals surface area contributed by atoms with Crippen LogP contribution in [0.1, 0.15) is 57.7 Å². The van der Waals surface area contributed by atoms with Crippen LogP contribution in [-0.4, -0.2) is 46.5 Å². The van der Waals surface area contributed by atoms with Gasteiger partial charge in [0.05, 0.1) is 26.8 Å². The molecule has 0 unspecified atom stereocenters. The normalized spacial score (nSPS) is 17.7. The molecule has 0 aliphatic carbocycles. The lowest BCUT2D eigenvalue weighted by atomic mass is 9.94. The van der Waals surface area contributed by atoms with Gasteiger partial charge in [0.25, 0.3) is 17.2 Å². The molecule has 1 aromatic heterocycles. The zero-order valence-electron chi connectivity index (χ0n) is 24.2. The van der Waals surface area contributed by atoms with Gasteiger partial charge in [0.2, 0.25) is 0 Å². The zero-order valence-corrected chi connectivity index (χ0v) is 25.7. The molecule has 0 saturated carbocycles. The van der Waals surface area contributed by atoms with Gasteiger partial charge in [-0.15, -0.1) is 0 Å². The molecule has 9 nitrogen and oxygen atoms in total. The van der Waals surface area contributed by atoms with Crippen molar-refractivity contribution in [3.05, 3.63) is 99.7 Å². The number of thiazole rings is 1. The van der Waals surface area contributed by atoms with Crippen LogP contribution in [0.15, 0.2) is 63.5 Å². The molecule has 11 heteroatoms. The van der Waals surface area contributed by atoms with Gasteiger partial charge >= 0.3 is 0 Å². The number of allylic oxidation sites excluding steroid dienone is 1. The van der Waals surface area contributed by atoms with Crippen molar-refractivity contribution < 1.29 is 9.72 Å². The van der Waals surface area contributed by atoms with Crippen LogP contribution < -0.4 is 19.8 Å². The van der Waals surface area contributed by atoms with E-state index in [0.717, 1.165) is 37.2 Å². The van der Waals surface area contributed by atoms with Crippen LogP contribution in [0.5, 0.6) is 0 Å². The molecular formula is C31H34ClN5O4S. The van der Waals surface area contributed by atoms with E-state index >= 15 is 0 Å². The number of hydrogen-bond donors (Lipinski definition) is 0. The molecule has 3 heterocycles. The van der Waals surface area contributed by atoms with Crippen LogP contribution >= 0.6 is 22.9 Å². The Hall–Kier alpha value is -3.76. The number of anilines is 1. The van der Waals surface area contributed by atoms with E-state index in [1.165, 1.54) is 23.5 Å². The Morgan fingerprint density at radius 3 is 2.45 bits per heavy atom. The highest BCUT2D eigenvalue weighted by molar-refractivity contribution is 7.07. The van der Waals surface area contributed by atoms with Crippen molar-refractivity contribution in [3.8, 4) is 0 Å². The second kappa shape index (κ2) is 12.2. The number of nitro groups is 1. The van der Waals surface area contributed by atoms with E-state index in [4.69, 9.17) is 16.6 Å². The second-order valence-corrected chi connectivity index (χ2v) is 12.2. The molecule has 5 rings (SSSR count). The average Bonchev–Trinajstić information content (AvgIpc) is 3.27. The van der Waals surface area contributed by atoms with Gasteiger partial charge in [-0.2, -0.15) is 0 Å². The fourth-order valence-corrected chi connectivity index (χ4v) is 6.85. The van der Waals surface area contributed by atoms with Crippen molar-refractivity contribution in [1.82, 2.24) is 9.47 Å². The number of rotatable bonds is 7. The highest BCUT2D eigenvalue weighted by Crippen LogP contribution is 2.33. The van der Waals surface area contributed by atoms with Crippen LogP contribution in [0.4, 0.5) is 11.4 Å². The lowest BCUT2D eigenvalue weighted by Gasteiger charge is -2.33. The van der Waals surface area contributed by atoms with E-state index in [-0.39, 0.29) is 17.2 Å². The third-order valence-corrected chi connectivity index (χ3v) is 9.36. The molecule has 0 bridgehead atoms. The van der Waals surface area contributed by atoms with Gasteiger partial charge in [-0.1, -0.05) is 42.0 Å². The molecule has 0 spiro atoms. The first-order valence-electron chi connectivity index (χ1n) is 14.2. The standard InChI is InChI=1S/C31H34ClN5O4S/c1-5-34(6-2)30(39)27-20(4)33-31-36(28(27)21-7-9-23(32)10-8-21)29(38)26(42-31)18-22-17-24(37(40)41)11-12-25(22)35-15-13-19(3)14-16-35/h7-12,17-19,28H,5-6,13-16H2,1-4H3/b26-18-/t28-/m1/s1. The molecular weight excluding hydrogens is 574 g/mol. The summed E-state index contributed by atoms with van der Waals surface area (Å²) >= 11 is 7.41. The van der Waals surface area contributed by atoms with Crippen molar-refractivity contribution in [2.24, 2.45) is 10.9 Å². The Balaban J connectivity index is 1.70. The number of carbonyl (C=O) groups is 1. The molecule has 2 aromatic carbocycles. The SMILES string of the molecule is CCN(CC)C(=O)C1=C(C)N=c2s/c(=C\c3cc([N+](=O)[O-])ccc3N3CCC(C)CC3)c(=O)n2[C@@H]1c1ccc(Cl)cc1. The van der Waals surface area contributed by atoms with Gasteiger partial charge < -0.3 is 9.80 Å². The van der Waals surface area contributed by atoms with Gasteiger partial charge in [0, 0.05) is 54.6 Å². The first-order chi connectivity index (χ1) is 20.1. The third kappa shape index (κ3) is 5.65. The smallest absolute Gasteiger partial charge is 0.271 e. The largest absolute Gasteiger partial charge is 0.371 e. The summed E-state index contributed by atoms with van der Waals surface area (Å²) in [4.78, 5) is 48.4. The van der Waals surface area contributed by atoms with Crippen LogP contribution in [0.3, 0.4) is 0 Å². The number of aromatic nitrogens is 1. The molecule has 220 valence electrons. The number of piperidine rings is 1. The molecule has 1 saturated heterocycles. The number of nitro benzene ring substituents is 1. The Bertz CT molecular complexity index is 1730. The molecule has 1 amide bonds. The van der Waals surface area contributed by atoms with E-state index < -0.39 is 11.0 Å². The molecule has 2 aliphatic heterocycles. The maximum absolute atomic E-state index is 14.2. The molecule has 2 aliphatic rings. The fourth-order valence-electron chi connectivity index (χ4n) is 5.69. The first kappa shape index (κ1) is 29.7. The molecule has 0 N–H and O–H groups in total. The van der Waals surface area contributed by atoms with Gasteiger partial charge in [-0.25, -0.2) is 4.99 Å². The van der Waals surface area contributed by atoms with Crippen LogP contribution in [0.25, 0.3) is 6.08 Å². The summed E-state index contributed by atoms with van der Waals surface area (Å²) in [7, 11) is 0. The molecule has 0 radical (unpaired) electrons. The van der Waals surface area contributed by atoms with Crippen LogP contribution in [0, 0.1) is 16.0 Å². The summed E-state index contributed by atoms with van der Waals surface area (Å²) in [5.41, 5.74) is 2.88. The Labute approximate surface area is 253 Å². The van der Waals surface area contributed by atoms with E-state index in [1.807, 2.05) is 26.0 Å². The number of non-ortho nitro benzene ring substituents is 1. The Kier molecular flexibility index (Phi) is 8.65. The summed E-state index contributed by atoms with van der Waals surface area (Å²) in [5, 5.41) is 12.2. The predicted molar refractivity (Wildman–Crippen MR) is 167 cm³/mol. The van der Waals surface area contributed by atoms with Crippen LogP contribution in [-0.2, 0) is 4.79 Å². The summed E-state index contributed by atoms with van der Waals surface area (Å²) in [6.45, 7) is 10.6. The number of nitrogens with zero attached hydrogens (tertiary/aromatic N) is 5. The minimum Gasteiger partial charge on any atom is -0.371 e. The minimum absolute atomic E-state index is 0.0369. The van der Waals surface area contributed by atoms with E-state index in [0.29, 0.717) is 50.2 Å². The highest BCUT2D eigenvalue weighted by Gasteiger charge is 2.34. The second-order valence-electron chi connectivity index (χ2n) is 10.8. The van der Waals surface area contributed by atoms with Crippen molar-refractivity contribution in [3.63, 3.8) is 0 Å². The predicted octanol–water partition coefficient (Wildman–Crippen LogP) is 4.90. The molecule has 3 aromatic rings. The molecule has 1 atom stereocenters. The number of amides is 1. The minimum atomic E-state index is -0.693. The number of carbonyl (C=O) groups excluding carboxylic acids is 1. The van der Waals surface area contributed by atoms with Crippen molar-refractivity contribution >= 4 is 46.3 Å². The van der Waals surface area contributed by atoms with Gasteiger partial charge in [0.15, 0.2) is 4.80 Å². The summed E-state index contributed by atoms with van der Waals surface area (Å²) in [6, 6.07) is 11.3. The Morgan fingerprint density at radius 1 is 1.17 bits per heavy atom.